The van der Waals surface area contributed by atoms with E-state index in [1.807, 2.05) is 0 Å². The zero-order valence-corrected chi connectivity index (χ0v) is 28.1. The van der Waals surface area contributed by atoms with E-state index in [2.05, 4.69) is 15.3 Å². The van der Waals surface area contributed by atoms with Crippen molar-refractivity contribution >= 4 is 52.0 Å². The number of fused-ring (bicyclic) bond motifs is 1. The standard InChI is InChI=1S/C31H33N7O9.C3H3F3O/c1-37-20-10-7-17(14-19(20)36-22(37)15-35-18-8-5-16(6-9-18)28(32)33)29(43)38(21-4-2-3-12-34-21)13-11-23(39)46-31-26(42)24(40)25(41)27(47-31)30(44)45;1-2(7)3(4,5)6/h2-10,12,14,24-27,31,35,40-42H,11,13,15H2,1H3,(H3,32,33)(H,44,45);1H3/t24-,25-,26+,27-,31+;/m0./s1/i1D3;. The Balaban J connectivity index is 0.000000940. The molecule has 17 nitrogen and oxygen atoms in total. The number of carboxylic acid groups (broad SMARTS) is 1. The van der Waals surface area contributed by atoms with E-state index in [-0.39, 0.29) is 47.2 Å². The van der Waals surface area contributed by atoms with Gasteiger partial charge in [0.05, 0.1) is 24.0 Å². The highest BCUT2D eigenvalue weighted by Gasteiger charge is 2.48. The first-order chi connectivity index (χ1) is 26.6. The van der Waals surface area contributed by atoms with Crippen LogP contribution >= 0.6 is 0 Å². The Morgan fingerprint density at radius 3 is 2.30 bits per heavy atom. The minimum Gasteiger partial charge on any atom is -0.479 e. The van der Waals surface area contributed by atoms with Gasteiger partial charge in [0, 0.05) is 47.6 Å². The molecule has 2 aromatic carbocycles. The van der Waals surface area contributed by atoms with Crippen LogP contribution < -0.4 is 16.0 Å². The third-order valence-corrected chi connectivity index (χ3v) is 7.79. The highest BCUT2D eigenvalue weighted by molar-refractivity contribution is 6.07. The molecule has 54 heavy (non-hydrogen) atoms. The number of hydrogen-bond acceptors (Lipinski definition) is 13. The molecule has 5 rings (SSSR count). The molecule has 4 aromatic rings. The monoisotopic (exact) mass is 762 g/mol. The Hall–Kier alpha value is -5.96. The molecule has 0 aliphatic carbocycles. The number of carbonyl (C=O) groups is 4. The number of esters is 1. The summed E-state index contributed by atoms with van der Waals surface area (Å²) in [4.78, 5) is 57.2. The fourth-order valence-corrected chi connectivity index (χ4v) is 4.86. The molecule has 288 valence electrons. The number of amides is 1. The Labute approximate surface area is 308 Å². The molecule has 20 heteroatoms. The van der Waals surface area contributed by atoms with Gasteiger partial charge in [-0.15, -0.1) is 0 Å². The lowest BCUT2D eigenvalue weighted by Crippen LogP contribution is -2.60. The number of pyridine rings is 1. The third-order valence-electron chi connectivity index (χ3n) is 7.79. The largest absolute Gasteiger partial charge is 0.479 e. The quantitative estimate of drug-likeness (QED) is 0.0649. The normalized spacial score (nSPS) is 20.6. The number of nitrogens with two attached hydrogens (primary N) is 1. The van der Waals surface area contributed by atoms with Gasteiger partial charge in [0.15, 0.2) is 6.10 Å². The number of aliphatic hydroxyl groups excluding tert-OH is 3. The van der Waals surface area contributed by atoms with Crippen LogP contribution in [0.5, 0.6) is 0 Å². The van der Waals surface area contributed by atoms with Gasteiger partial charge in [-0.1, -0.05) is 6.07 Å². The maximum atomic E-state index is 13.9. The predicted molar refractivity (Wildman–Crippen MR) is 183 cm³/mol. The molecule has 0 unspecified atom stereocenters. The molecule has 1 fully saturated rings. The van der Waals surface area contributed by atoms with E-state index in [0.717, 1.165) is 9.47 Å². The lowest BCUT2D eigenvalue weighted by atomic mass is 9.99. The summed E-state index contributed by atoms with van der Waals surface area (Å²) in [6, 6.07) is 15.6. The van der Waals surface area contributed by atoms with Crippen LogP contribution in [0.15, 0.2) is 66.9 Å². The summed E-state index contributed by atoms with van der Waals surface area (Å²) < 4.78 is 68.0. The van der Waals surface area contributed by atoms with E-state index in [4.69, 9.17) is 24.7 Å². The van der Waals surface area contributed by atoms with Gasteiger partial charge >= 0.3 is 18.1 Å². The minimum atomic E-state index is -4.64. The number of ether oxygens (including phenoxy) is 2. The van der Waals surface area contributed by atoms with Crippen LogP contribution in [0.1, 0.15) is 39.2 Å². The fraction of sp³-hybridized carbons (Fsp3) is 0.324. The average Bonchev–Trinajstić information content (AvgIpc) is 3.53. The van der Waals surface area contributed by atoms with Crippen molar-refractivity contribution < 1.29 is 66.4 Å². The number of carboxylic acids is 1. The first-order valence-electron chi connectivity index (χ1n) is 17.2. The van der Waals surface area contributed by atoms with Crippen LogP contribution in [0.3, 0.4) is 0 Å². The number of Topliss-reactive ketones (excluding diaryl/α,β-unsaturated/α-hetero) is 1. The van der Waals surface area contributed by atoms with Crippen LogP contribution in [-0.4, -0.2) is 108 Å². The molecule has 1 aliphatic heterocycles. The van der Waals surface area contributed by atoms with Crippen LogP contribution in [0.2, 0.25) is 0 Å². The summed E-state index contributed by atoms with van der Waals surface area (Å²) in [6.07, 6.45) is -13.5. The van der Waals surface area contributed by atoms with Crippen LogP contribution in [0, 0.1) is 5.41 Å². The number of anilines is 2. The van der Waals surface area contributed by atoms with Crippen molar-refractivity contribution in [2.75, 3.05) is 16.8 Å². The van der Waals surface area contributed by atoms with Crippen molar-refractivity contribution in [3.8, 4) is 0 Å². The number of nitrogens with zero attached hydrogens (tertiary/aromatic N) is 4. The van der Waals surface area contributed by atoms with E-state index < -0.39 is 73.9 Å². The van der Waals surface area contributed by atoms with Gasteiger partial charge in [0.25, 0.3) is 5.91 Å². The zero-order valence-electron chi connectivity index (χ0n) is 31.1. The summed E-state index contributed by atoms with van der Waals surface area (Å²) in [6.45, 7) is -2.45. The number of amidine groups is 1. The average molecular weight is 763 g/mol. The molecule has 0 radical (unpaired) electrons. The van der Waals surface area contributed by atoms with Crippen LogP contribution in [-0.2, 0) is 37.4 Å². The van der Waals surface area contributed by atoms with Crippen molar-refractivity contribution in [2.45, 2.75) is 56.8 Å². The number of rotatable bonds is 11. The van der Waals surface area contributed by atoms with Crippen LogP contribution in [0.25, 0.3) is 11.0 Å². The topological polar surface area (TPSA) is 264 Å². The highest BCUT2D eigenvalue weighted by atomic mass is 19.4. The summed E-state index contributed by atoms with van der Waals surface area (Å²) in [7, 11) is 0. The Kier molecular flexibility index (Phi) is 11.6. The van der Waals surface area contributed by atoms with Gasteiger partial charge in [-0.3, -0.25) is 24.7 Å². The molecule has 0 saturated carbocycles. The number of alkyl halides is 3. The Morgan fingerprint density at radius 1 is 1.06 bits per heavy atom. The molecule has 2 aromatic heterocycles. The molecule has 0 spiro atoms. The molecular weight excluding hydrogens is 723 g/mol. The summed E-state index contributed by atoms with van der Waals surface area (Å²) in [5.41, 5.74) is 7.17. The number of benzene rings is 2. The zero-order chi connectivity index (χ0) is 42.4. The first kappa shape index (κ1) is 36.4. The van der Waals surface area contributed by atoms with E-state index >= 15 is 0 Å². The van der Waals surface area contributed by atoms with E-state index in [1.54, 1.807) is 36.4 Å². The van der Waals surface area contributed by atoms with E-state index in [1.165, 1.54) is 30.5 Å². The smallest absolute Gasteiger partial charge is 0.449 e. The van der Waals surface area contributed by atoms with E-state index in [9.17, 15) is 52.8 Å². The van der Waals surface area contributed by atoms with Gasteiger partial charge in [-0.2, -0.15) is 13.2 Å². The van der Waals surface area contributed by atoms with Gasteiger partial charge in [-0.25, -0.2) is 14.8 Å². The van der Waals surface area contributed by atoms with Gasteiger partial charge in [-0.05, 0) is 54.6 Å². The number of hydrogen-bond donors (Lipinski definition) is 7. The number of halogens is 3. The van der Waals surface area contributed by atoms with Crippen LogP contribution in [0.4, 0.5) is 24.7 Å². The van der Waals surface area contributed by atoms with Gasteiger partial charge < -0.3 is 45.5 Å². The van der Waals surface area contributed by atoms with E-state index in [0.29, 0.717) is 18.2 Å². The number of ketones is 1. The summed E-state index contributed by atoms with van der Waals surface area (Å²) >= 11 is 0. The number of carbonyl (C=O) groups excluding carboxylic acids is 3. The van der Waals surface area contributed by atoms with Crippen molar-refractivity contribution in [1.82, 2.24) is 14.5 Å². The number of aliphatic carboxylic acids is 1. The van der Waals surface area contributed by atoms with Gasteiger partial charge in [0.1, 0.15) is 35.8 Å². The lowest BCUT2D eigenvalue weighted by Gasteiger charge is -2.38. The molecule has 3 heterocycles. The molecule has 1 saturated heterocycles. The van der Waals surface area contributed by atoms with Crippen molar-refractivity contribution in [2.24, 2.45) is 12.7 Å². The second kappa shape index (κ2) is 17.2. The number of nitrogens with one attached hydrogen (secondary N) is 2. The number of imidazole rings is 1. The maximum Gasteiger partial charge on any atom is 0.449 e. The Morgan fingerprint density at radius 2 is 1.72 bits per heavy atom. The number of nitrogen functional groups attached to an aromatic ring is 1. The first-order valence-corrected chi connectivity index (χ1v) is 15.7. The molecule has 5 atom stereocenters. The second-order valence-corrected chi connectivity index (χ2v) is 11.6. The number of aryl methyl sites for hydroxylation is 1. The van der Waals surface area contributed by atoms with Crippen molar-refractivity contribution in [3.63, 3.8) is 0 Å². The predicted octanol–water partition coefficient (Wildman–Crippen LogP) is 1.47. The third kappa shape index (κ3) is 9.92. The number of aromatic nitrogens is 3. The van der Waals surface area contributed by atoms with Crippen molar-refractivity contribution in [1.29, 1.82) is 5.41 Å². The SMILES string of the molecule is CC(=O)C(F)(F)F.[2H]C([2H])([2H])n1c(CNc2ccc(C(=N)N)cc2)nc2cc(C(=O)N(CCC(=O)O[C@@H]3O[C@H](C(=O)O)[C@@H](O)[C@H](O)[C@H]3O)c3ccccn3)ccc21. The molecule has 0 bridgehead atoms. The minimum absolute atomic E-state index is 0.000541. The highest BCUT2D eigenvalue weighted by Crippen LogP contribution is 2.24. The molecule has 1 aliphatic rings. The van der Waals surface area contributed by atoms with Gasteiger partial charge in [0.2, 0.25) is 12.1 Å². The number of aliphatic hydroxyl groups is 3. The fourth-order valence-electron chi connectivity index (χ4n) is 4.86. The Bertz CT molecular complexity index is 2100. The molecule has 1 amide bonds. The lowest BCUT2D eigenvalue weighted by molar-refractivity contribution is -0.286. The summed E-state index contributed by atoms with van der Waals surface area (Å²) in [5.74, 6) is -4.87. The summed E-state index contributed by atoms with van der Waals surface area (Å²) in [5, 5.41) is 49.9. The molecular formula is C34H36F3N7O10. The maximum absolute atomic E-state index is 13.9. The second-order valence-electron chi connectivity index (χ2n) is 11.6. The molecule has 8 N–H and O–H groups in total. The van der Waals surface area contributed by atoms with Crippen molar-refractivity contribution in [3.05, 3.63) is 83.8 Å².